The number of nitrogens with two attached hydrogens (primary N) is 1. The van der Waals surface area contributed by atoms with E-state index in [1.165, 1.54) is 11.3 Å². The van der Waals surface area contributed by atoms with Crippen molar-refractivity contribution in [2.75, 3.05) is 12.3 Å². The number of thiophene rings is 1. The first-order valence-corrected chi connectivity index (χ1v) is 6.93. The molecule has 1 amide bonds. The van der Waals surface area contributed by atoms with Gasteiger partial charge in [0, 0.05) is 27.5 Å². The van der Waals surface area contributed by atoms with E-state index in [1.54, 1.807) is 0 Å². The van der Waals surface area contributed by atoms with Gasteiger partial charge < -0.3 is 11.1 Å². The highest BCUT2D eigenvalue weighted by Gasteiger charge is 2.15. The summed E-state index contributed by atoms with van der Waals surface area (Å²) in [5, 5.41) is 3.66. The van der Waals surface area contributed by atoms with E-state index in [4.69, 9.17) is 12.2 Å². The first kappa shape index (κ1) is 12.9. The molecule has 0 aliphatic heterocycles. The molecule has 0 aliphatic rings. The predicted octanol–water partition coefficient (Wildman–Crippen LogP) is 3.00. The van der Waals surface area contributed by atoms with Gasteiger partial charge >= 0.3 is 0 Å². The topological polar surface area (TPSA) is 55.1 Å². The molecule has 0 unspecified atom stereocenters. The van der Waals surface area contributed by atoms with Crippen LogP contribution in [0.15, 0.2) is 22.7 Å². The third-order valence-electron chi connectivity index (χ3n) is 2.45. The Morgan fingerprint density at radius 3 is 3.06 bits per heavy atom. The zero-order valence-corrected chi connectivity index (χ0v) is 11.9. The number of hydrogen-bond acceptors (Lipinski definition) is 3. The summed E-state index contributed by atoms with van der Waals surface area (Å²) in [6.45, 7) is 0.465. The number of halogens is 1. The molecule has 3 N–H and O–H groups in total. The molecule has 3 nitrogen and oxygen atoms in total. The van der Waals surface area contributed by atoms with Crippen molar-refractivity contribution in [3.05, 3.63) is 27.5 Å². The first-order chi connectivity index (χ1) is 8.63. The van der Waals surface area contributed by atoms with Crippen LogP contribution in [-0.2, 0) is 0 Å². The summed E-state index contributed by atoms with van der Waals surface area (Å²) in [5.74, 6) is 2.31. The highest BCUT2D eigenvalue weighted by Crippen LogP contribution is 2.35. The number of terminal acetylenes is 1. The molecule has 0 saturated carbocycles. The smallest absolute Gasteiger partial charge is 0.263 e. The van der Waals surface area contributed by atoms with Crippen LogP contribution in [0.25, 0.3) is 10.1 Å². The molecule has 0 aliphatic carbocycles. The number of carbonyl (C=O) groups excluding carboxylic acids is 1. The maximum absolute atomic E-state index is 11.9. The highest BCUT2D eigenvalue weighted by atomic mass is 79.9. The monoisotopic (exact) mass is 322 g/mol. The summed E-state index contributed by atoms with van der Waals surface area (Å²) in [6, 6.07) is 5.77. The van der Waals surface area contributed by atoms with Gasteiger partial charge in [0.25, 0.3) is 5.91 Å². The quantitative estimate of drug-likeness (QED) is 0.674. The second kappa shape index (κ2) is 5.42. The van der Waals surface area contributed by atoms with Crippen LogP contribution in [0.3, 0.4) is 0 Å². The zero-order valence-electron chi connectivity index (χ0n) is 9.50. The highest BCUT2D eigenvalue weighted by molar-refractivity contribution is 9.10. The lowest BCUT2D eigenvalue weighted by Crippen LogP contribution is -2.23. The maximum Gasteiger partial charge on any atom is 0.263 e. The molecule has 1 aromatic carbocycles. The van der Waals surface area contributed by atoms with E-state index in [-0.39, 0.29) is 5.91 Å². The number of carbonyl (C=O) groups is 1. The molecular weight excluding hydrogens is 312 g/mol. The fraction of sp³-hybridized carbons (Fsp3) is 0.154. The molecule has 1 heterocycles. The molecule has 0 bridgehead atoms. The number of anilines is 1. The van der Waals surface area contributed by atoms with Crippen molar-refractivity contribution in [2.24, 2.45) is 0 Å². The van der Waals surface area contributed by atoms with E-state index in [9.17, 15) is 4.79 Å². The second-order valence-corrected chi connectivity index (χ2v) is 5.66. The van der Waals surface area contributed by atoms with E-state index < -0.39 is 0 Å². The lowest BCUT2D eigenvalue weighted by Gasteiger charge is -2.01. The van der Waals surface area contributed by atoms with Crippen molar-refractivity contribution >= 4 is 48.9 Å². The molecule has 2 aromatic rings. The second-order valence-electron chi connectivity index (χ2n) is 3.70. The van der Waals surface area contributed by atoms with Crippen LogP contribution >= 0.6 is 27.3 Å². The summed E-state index contributed by atoms with van der Waals surface area (Å²) < 4.78 is 1.96. The van der Waals surface area contributed by atoms with E-state index in [1.807, 2.05) is 18.2 Å². The Hall–Kier alpha value is -1.51. The van der Waals surface area contributed by atoms with Gasteiger partial charge in [0.15, 0.2) is 0 Å². The molecule has 5 heteroatoms. The summed E-state index contributed by atoms with van der Waals surface area (Å²) in [4.78, 5) is 12.5. The lowest BCUT2D eigenvalue weighted by atomic mass is 10.2. The Balaban J connectivity index is 2.31. The van der Waals surface area contributed by atoms with E-state index in [0.717, 1.165) is 14.6 Å². The fourth-order valence-electron chi connectivity index (χ4n) is 1.59. The molecule has 2 rings (SSSR count). The Morgan fingerprint density at radius 2 is 2.33 bits per heavy atom. The third-order valence-corrected chi connectivity index (χ3v) is 4.11. The van der Waals surface area contributed by atoms with Crippen LogP contribution in [0.2, 0.25) is 0 Å². The average Bonchev–Trinajstić information content (AvgIpc) is 2.66. The SMILES string of the molecule is C#CCCNC(=O)c1sc2cc(Br)ccc2c1N. The summed E-state index contributed by atoms with van der Waals surface area (Å²) in [6.07, 6.45) is 5.65. The van der Waals surface area contributed by atoms with Crippen molar-refractivity contribution in [1.29, 1.82) is 0 Å². The minimum absolute atomic E-state index is 0.167. The van der Waals surface area contributed by atoms with Crippen LogP contribution < -0.4 is 11.1 Å². The van der Waals surface area contributed by atoms with Gasteiger partial charge in [0.05, 0.1) is 5.69 Å². The van der Waals surface area contributed by atoms with E-state index in [0.29, 0.717) is 23.5 Å². The predicted molar refractivity (Wildman–Crippen MR) is 79.7 cm³/mol. The van der Waals surface area contributed by atoms with Gasteiger partial charge in [-0.05, 0) is 12.1 Å². The van der Waals surface area contributed by atoms with Crippen molar-refractivity contribution in [3.63, 3.8) is 0 Å². The number of hydrogen-bond donors (Lipinski definition) is 2. The van der Waals surface area contributed by atoms with Gasteiger partial charge in [-0.1, -0.05) is 22.0 Å². The molecule has 18 heavy (non-hydrogen) atoms. The van der Waals surface area contributed by atoms with Crippen LogP contribution in [0.4, 0.5) is 5.69 Å². The van der Waals surface area contributed by atoms with Gasteiger partial charge in [-0.25, -0.2) is 0 Å². The normalized spacial score (nSPS) is 10.2. The lowest BCUT2D eigenvalue weighted by molar-refractivity contribution is 0.0959. The molecular formula is C13H11BrN2OS. The van der Waals surface area contributed by atoms with Crippen molar-refractivity contribution < 1.29 is 4.79 Å². The number of nitrogen functional groups attached to an aromatic ring is 1. The van der Waals surface area contributed by atoms with E-state index in [2.05, 4.69) is 27.2 Å². The van der Waals surface area contributed by atoms with Crippen LogP contribution in [0.1, 0.15) is 16.1 Å². The number of rotatable bonds is 3. The molecule has 0 saturated heterocycles. The van der Waals surface area contributed by atoms with Gasteiger partial charge in [-0.3, -0.25) is 4.79 Å². The Bertz CT molecular complexity index is 642. The van der Waals surface area contributed by atoms with Crippen LogP contribution in [0.5, 0.6) is 0 Å². The molecule has 1 aromatic heterocycles. The Morgan fingerprint density at radius 1 is 1.56 bits per heavy atom. The standard InChI is InChI=1S/C13H11BrN2OS/c1-2-3-6-16-13(17)12-11(15)9-5-4-8(14)7-10(9)18-12/h1,4-5,7H,3,6,15H2,(H,16,17). The number of benzene rings is 1. The zero-order chi connectivity index (χ0) is 13.1. The molecule has 92 valence electrons. The Kier molecular flexibility index (Phi) is 3.90. The molecule has 0 fully saturated rings. The van der Waals surface area contributed by atoms with Gasteiger partial charge in [-0.2, -0.15) is 0 Å². The van der Waals surface area contributed by atoms with Gasteiger partial charge in [-0.15, -0.1) is 23.7 Å². The Labute approximate surface area is 117 Å². The molecule has 0 spiro atoms. The molecule has 0 radical (unpaired) electrons. The summed E-state index contributed by atoms with van der Waals surface area (Å²) >= 11 is 4.78. The van der Waals surface area contributed by atoms with Crippen molar-refractivity contribution in [2.45, 2.75) is 6.42 Å². The minimum Gasteiger partial charge on any atom is -0.397 e. The minimum atomic E-state index is -0.167. The maximum atomic E-state index is 11.9. The van der Waals surface area contributed by atoms with Gasteiger partial charge in [0.1, 0.15) is 4.88 Å². The van der Waals surface area contributed by atoms with Gasteiger partial charge in [0.2, 0.25) is 0 Å². The number of nitrogens with one attached hydrogen (secondary N) is 1. The first-order valence-electron chi connectivity index (χ1n) is 5.32. The van der Waals surface area contributed by atoms with Crippen LogP contribution in [-0.4, -0.2) is 12.5 Å². The molecule has 0 atom stereocenters. The third kappa shape index (κ3) is 2.50. The number of fused-ring (bicyclic) bond motifs is 1. The fourth-order valence-corrected chi connectivity index (χ4v) is 3.18. The summed E-state index contributed by atoms with van der Waals surface area (Å²) in [5.41, 5.74) is 6.52. The number of amides is 1. The largest absolute Gasteiger partial charge is 0.397 e. The summed E-state index contributed by atoms with van der Waals surface area (Å²) in [7, 11) is 0. The van der Waals surface area contributed by atoms with Crippen LogP contribution in [0, 0.1) is 12.3 Å². The average molecular weight is 323 g/mol. The van der Waals surface area contributed by atoms with E-state index >= 15 is 0 Å². The van der Waals surface area contributed by atoms with Crippen molar-refractivity contribution in [1.82, 2.24) is 5.32 Å². The van der Waals surface area contributed by atoms with Crippen molar-refractivity contribution in [3.8, 4) is 12.3 Å².